The lowest BCUT2D eigenvalue weighted by molar-refractivity contribution is -0.127. The highest BCUT2D eigenvalue weighted by atomic mass is 79.9. The van der Waals surface area contributed by atoms with Crippen molar-refractivity contribution in [2.75, 3.05) is 27.3 Å². The molecule has 0 fully saturated rings. The van der Waals surface area contributed by atoms with E-state index in [9.17, 15) is 4.79 Å². The van der Waals surface area contributed by atoms with Gasteiger partial charge in [-0.25, -0.2) is 0 Å². The molecule has 0 aliphatic rings. The number of amides is 1. The fourth-order valence-corrected chi connectivity index (χ4v) is 2.14. The molecule has 0 aromatic heterocycles. The first-order valence-electron chi connectivity index (χ1n) is 6.44. The van der Waals surface area contributed by atoms with E-state index in [4.69, 9.17) is 9.47 Å². The van der Waals surface area contributed by atoms with Gasteiger partial charge in [-0.3, -0.25) is 4.79 Å². The number of methoxy groups -OCH3 is 1. The van der Waals surface area contributed by atoms with Crippen molar-refractivity contribution in [1.29, 1.82) is 0 Å². The van der Waals surface area contributed by atoms with Crippen LogP contribution in [0.5, 0.6) is 5.75 Å². The molecule has 112 valence electrons. The minimum absolute atomic E-state index is 0.159. The van der Waals surface area contributed by atoms with Gasteiger partial charge >= 0.3 is 0 Å². The Morgan fingerprint density at radius 3 is 2.80 bits per heavy atom. The van der Waals surface area contributed by atoms with E-state index < -0.39 is 6.10 Å². The number of hydrogen-bond acceptors (Lipinski definition) is 4. The lowest BCUT2D eigenvalue weighted by atomic mass is 10.2. The van der Waals surface area contributed by atoms with Crippen molar-refractivity contribution >= 4 is 21.8 Å². The van der Waals surface area contributed by atoms with Gasteiger partial charge in [-0.1, -0.05) is 6.07 Å². The first kappa shape index (κ1) is 16.9. The molecule has 0 saturated carbocycles. The second kappa shape index (κ2) is 8.94. The Balaban J connectivity index is 2.56. The highest BCUT2D eigenvalue weighted by molar-refractivity contribution is 9.10. The highest BCUT2D eigenvalue weighted by Gasteiger charge is 2.15. The van der Waals surface area contributed by atoms with Gasteiger partial charge in [0, 0.05) is 20.2 Å². The van der Waals surface area contributed by atoms with Crippen LogP contribution in [-0.4, -0.2) is 39.3 Å². The fraction of sp³-hybridized carbons (Fsp3) is 0.500. The van der Waals surface area contributed by atoms with Crippen LogP contribution in [0, 0.1) is 0 Å². The molecule has 1 aromatic carbocycles. The molecular formula is C14H21BrN2O3. The van der Waals surface area contributed by atoms with Crippen LogP contribution in [0.15, 0.2) is 22.7 Å². The lowest BCUT2D eigenvalue weighted by Gasteiger charge is -2.16. The molecule has 0 heterocycles. The predicted molar refractivity (Wildman–Crippen MR) is 81.9 cm³/mol. The van der Waals surface area contributed by atoms with Gasteiger partial charge in [0.1, 0.15) is 5.75 Å². The van der Waals surface area contributed by atoms with E-state index in [-0.39, 0.29) is 5.91 Å². The Morgan fingerprint density at radius 2 is 2.20 bits per heavy atom. The Labute approximate surface area is 128 Å². The summed E-state index contributed by atoms with van der Waals surface area (Å²) < 4.78 is 11.4. The molecule has 1 atom stereocenters. The number of hydrogen-bond donors (Lipinski definition) is 2. The molecule has 0 bridgehead atoms. The fourth-order valence-electron chi connectivity index (χ4n) is 1.62. The summed E-state index contributed by atoms with van der Waals surface area (Å²) in [5, 5.41) is 5.82. The maximum Gasteiger partial charge on any atom is 0.260 e. The summed E-state index contributed by atoms with van der Waals surface area (Å²) in [5.74, 6) is 0.493. The van der Waals surface area contributed by atoms with Crippen molar-refractivity contribution in [3.63, 3.8) is 0 Å². The molecule has 1 unspecified atom stereocenters. The molecule has 20 heavy (non-hydrogen) atoms. The molecule has 6 heteroatoms. The van der Waals surface area contributed by atoms with Crippen molar-refractivity contribution in [3.8, 4) is 5.75 Å². The summed E-state index contributed by atoms with van der Waals surface area (Å²) in [4.78, 5) is 11.8. The van der Waals surface area contributed by atoms with Crippen LogP contribution in [-0.2, 0) is 16.1 Å². The molecule has 5 nitrogen and oxygen atoms in total. The molecule has 1 rings (SSSR count). The smallest absolute Gasteiger partial charge is 0.260 e. The Bertz CT molecular complexity index is 440. The van der Waals surface area contributed by atoms with Crippen molar-refractivity contribution < 1.29 is 14.3 Å². The monoisotopic (exact) mass is 344 g/mol. The first-order chi connectivity index (χ1) is 9.58. The van der Waals surface area contributed by atoms with Crippen molar-refractivity contribution in [2.24, 2.45) is 0 Å². The van der Waals surface area contributed by atoms with Crippen LogP contribution in [0.3, 0.4) is 0 Å². The third kappa shape index (κ3) is 5.48. The van der Waals surface area contributed by atoms with Gasteiger partial charge in [-0.15, -0.1) is 0 Å². The van der Waals surface area contributed by atoms with E-state index in [2.05, 4.69) is 26.6 Å². The summed E-state index contributed by atoms with van der Waals surface area (Å²) in [5.41, 5.74) is 1.14. The number of rotatable bonds is 8. The third-order valence-electron chi connectivity index (χ3n) is 2.66. The average Bonchev–Trinajstić information content (AvgIpc) is 2.42. The molecule has 1 aromatic rings. The minimum Gasteiger partial charge on any atom is -0.480 e. The molecule has 0 spiro atoms. The maximum absolute atomic E-state index is 11.8. The summed E-state index contributed by atoms with van der Waals surface area (Å²) >= 11 is 3.45. The number of carbonyl (C=O) groups is 1. The van der Waals surface area contributed by atoms with Crippen LogP contribution < -0.4 is 15.4 Å². The van der Waals surface area contributed by atoms with E-state index in [0.717, 1.165) is 16.6 Å². The largest absolute Gasteiger partial charge is 0.480 e. The van der Waals surface area contributed by atoms with Crippen molar-refractivity contribution in [1.82, 2.24) is 10.6 Å². The summed E-state index contributed by atoms with van der Waals surface area (Å²) in [6, 6.07) is 5.79. The average molecular weight is 345 g/mol. The van der Waals surface area contributed by atoms with Gasteiger partial charge in [-0.05, 0) is 47.6 Å². The zero-order chi connectivity index (χ0) is 15.0. The maximum atomic E-state index is 11.8. The molecule has 0 aliphatic carbocycles. The summed E-state index contributed by atoms with van der Waals surface area (Å²) in [7, 11) is 3.49. The molecule has 1 amide bonds. The van der Waals surface area contributed by atoms with Gasteiger partial charge in [0.25, 0.3) is 5.91 Å². The minimum atomic E-state index is -0.557. The standard InChI is InChI=1S/C14H21BrN2O3/c1-10(14(18)17-6-7-19-3)20-13-5-4-11(9-16-2)8-12(13)15/h4-5,8,10,16H,6-7,9H2,1-3H3,(H,17,18). The molecular weight excluding hydrogens is 324 g/mol. The van der Waals surface area contributed by atoms with Crippen LogP contribution >= 0.6 is 15.9 Å². The van der Waals surface area contributed by atoms with Crippen LogP contribution in [0.2, 0.25) is 0 Å². The quantitative estimate of drug-likeness (QED) is 0.704. The van der Waals surface area contributed by atoms with Crippen molar-refractivity contribution in [2.45, 2.75) is 19.6 Å². The topological polar surface area (TPSA) is 59.6 Å². The second-order valence-corrected chi connectivity index (χ2v) is 5.19. The second-order valence-electron chi connectivity index (χ2n) is 4.34. The zero-order valence-corrected chi connectivity index (χ0v) is 13.6. The number of nitrogens with one attached hydrogen (secondary N) is 2. The van der Waals surface area contributed by atoms with Crippen LogP contribution in [0.4, 0.5) is 0 Å². The number of benzene rings is 1. The molecule has 2 N–H and O–H groups in total. The Hall–Kier alpha value is -1.11. The molecule has 0 radical (unpaired) electrons. The van der Waals surface area contributed by atoms with E-state index in [1.165, 1.54) is 0 Å². The Morgan fingerprint density at radius 1 is 1.45 bits per heavy atom. The van der Waals surface area contributed by atoms with E-state index >= 15 is 0 Å². The zero-order valence-electron chi connectivity index (χ0n) is 12.0. The van der Waals surface area contributed by atoms with Gasteiger partial charge in [0.05, 0.1) is 11.1 Å². The van der Waals surface area contributed by atoms with Crippen molar-refractivity contribution in [3.05, 3.63) is 28.2 Å². The molecule has 0 aliphatic heterocycles. The van der Waals surface area contributed by atoms with Gasteiger partial charge in [0.15, 0.2) is 6.10 Å². The lowest BCUT2D eigenvalue weighted by Crippen LogP contribution is -2.38. The van der Waals surface area contributed by atoms with E-state index in [1.807, 2.05) is 25.2 Å². The number of halogens is 1. The third-order valence-corrected chi connectivity index (χ3v) is 3.28. The number of ether oxygens (including phenoxy) is 2. The summed E-state index contributed by atoms with van der Waals surface area (Å²) in [6.45, 7) is 3.47. The first-order valence-corrected chi connectivity index (χ1v) is 7.24. The van der Waals surface area contributed by atoms with Crippen LogP contribution in [0.25, 0.3) is 0 Å². The predicted octanol–water partition coefficient (Wildman–Crippen LogP) is 1.70. The molecule has 0 saturated heterocycles. The van der Waals surface area contributed by atoms with E-state index in [1.54, 1.807) is 14.0 Å². The number of carbonyl (C=O) groups excluding carboxylic acids is 1. The van der Waals surface area contributed by atoms with Gasteiger partial charge < -0.3 is 20.1 Å². The normalized spacial score (nSPS) is 12.0. The highest BCUT2D eigenvalue weighted by Crippen LogP contribution is 2.26. The Kier molecular flexibility index (Phi) is 7.58. The van der Waals surface area contributed by atoms with Crippen LogP contribution in [0.1, 0.15) is 12.5 Å². The van der Waals surface area contributed by atoms with Gasteiger partial charge in [0.2, 0.25) is 0 Å². The SMILES string of the molecule is CNCc1ccc(OC(C)C(=O)NCCOC)c(Br)c1. The summed E-state index contributed by atoms with van der Waals surface area (Å²) in [6.07, 6.45) is -0.557. The van der Waals surface area contributed by atoms with E-state index in [0.29, 0.717) is 18.9 Å². The van der Waals surface area contributed by atoms with Gasteiger partial charge in [-0.2, -0.15) is 0 Å².